The largest absolute Gasteiger partial charge is 0.465 e. The Balaban J connectivity index is 2.29. The first-order chi connectivity index (χ1) is 7.70. The molecular weight excluding hydrogens is 208 g/mol. The molecule has 0 aliphatic heterocycles. The average Bonchev–Trinajstić information content (AvgIpc) is 2.75. The summed E-state index contributed by atoms with van der Waals surface area (Å²) in [4.78, 5) is 11.2. The lowest BCUT2D eigenvalue weighted by Gasteiger charge is -1.99. The van der Waals surface area contributed by atoms with Crippen LogP contribution in [0.25, 0.3) is 11.3 Å². The zero-order valence-electron chi connectivity index (χ0n) is 8.64. The van der Waals surface area contributed by atoms with Crippen molar-refractivity contribution in [2.24, 2.45) is 0 Å². The van der Waals surface area contributed by atoms with Crippen molar-refractivity contribution >= 4 is 11.8 Å². The number of carbonyl (C=O) groups excluding carboxylic acids is 1. The van der Waals surface area contributed by atoms with Crippen LogP contribution in [0.15, 0.2) is 34.9 Å². The first kappa shape index (κ1) is 10.2. The highest BCUT2D eigenvalue weighted by Gasteiger charge is 2.07. The van der Waals surface area contributed by atoms with Crippen molar-refractivity contribution in [1.29, 1.82) is 0 Å². The summed E-state index contributed by atoms with van der Waals surface area (Å²) in [7, 11) is 1.34. The molecule has 2 N–H and O–H groups in total. The predicted octanol–water partition coefficient (Wildman–Crippen LogP) is 1.71. The Hall–Kier alpha value is -2.30. The maximum absolute atomic E-state index is 11.2. The third-order valence-electron chi connectivity index (χ3n) is 2.12. The SMILES string of the molecule is COC(=O)c1ccc(-c2cc(N)no2)cc1. The minimum atomic E-state index is -0.372. The van der Waals surface area contributed by atoms with Gasteiger partial charge in [0.15, 0.2) is 11.6 Å². The molecule has 16 heavy (non-hydrogen) atoms. The molecule has 0 atom stereocenters. The Morgan fingerprint density at radius 3 is 2.56 bits per heavy atom. The van der Waals surface area contributed by atoms with Crippen molar-refractivity contribution in [2.75, 3.05) is 12.8 Å². The molecular formula is C11H10N2O3. The summed E-state index contributed by atoms with van der Waals surface area (Å²) in [6.45, 7) is 0. The molecule has 5 nitrogen and oxygen atoms in total. The monoisotopic (exact) mass is 218 g/mol. The van der Waals surface area contributed by atoms with Gasteiger partial charge in [0.25, 0.3) is 0 Å². The van der Waals surface area contributed by atoms with Crippen molar-refractivity contribution in [2.45, 2.75) is 0 Å². The van der Waals surface area contributed by atoms with Crippen LogP contribution in [0.1, 0.15) is 10.4 Å². The highest BCUT2D eigenvalue weighted by Crippen LogP contribution is 2.21. The van der Waals surface area contributed by atoms with Gasteiger partial charge in [-0.15, -0.1) is 0 Å². The van der Waals surface area contributed by atoms with E-state index < -0.39 is 0 Å². The van der Waals surface area contributed by atoms with E-state index in [4.69, 9.17) is 10.3 Å². The molecule has 0 aliphatic rings. The molecule has 0 amide bonds. The normalized spacial score (nSPS) is 10.1. The molecule has 1 aromatic carbocycles. The van der Waals surface area contributed by atoms with Gasteiger partial charge in [-0.2, -0.15) is 0 Å². The standard InChI is InChI=1S/C11H10N2O3/c1-15-11(14)8-4-2-7(3-5-8)9-6-10(12)13-16-9/h2-6H,1H3,(H2,12,13). The van der Waals surface area contributed by atoms with Crippen LogP contribution in [0, 0.1) is 0 Å². The number of nitrogen functional groups attached to an aromatic ring is 1. The Bertz CT molecular complexity index is 502. The number of nitrogens with zero attached hydrogens (tertiary/aromatic N) is 1. The third-order valence-corrected chi connectivity index (χ3v) is 2.12. The minimum Gasteiger partial charge on any atom is -0.465 e. The average molecular weight is 218 g/mol. The summed E-state index contributed by atoms with van der Waals surface area (Å²) in [5.74, 6) is 0.518. The number of ether oxygens (including phenoxy) is 1. The molecule has 0 radical (unpaired) electrons. The highest BCUT2D eigenvalue weighted by molar-refractivity contribution is 5.89. The fourth-order valence-electron chi connectivity index (χ4n) is 1.31. The number of methoxy groups -OCH3 is 1. The molecule has 2 aromatic rings. The second-order valence-electron chi connectivity index (χ2n) is 3.18. The number of anilines is 1. The lowest BCUT2D eigenvalue weighted by molar-refractivity contribution is 0.0601. The van der Waals surface area contributed by atoms with Crippen molar-refractivity contribution in [3.05, 3.63) is 35.9 Å². The van der Waals surface area contributed by atoms with E-state index in [-0.39, 0.29) is 5.97 Å². The first-order valence-electron chi connectivity index (χ1n) is 4.61. The molecule has 0 unspecified atom stereocenters. The summed E-state index contributed by atoms with van der Waals surface area (Å²) < 4.78 is 9.58. The van der Waals surface area contributed by atoms with Crippen molar-refractivity contribution in [3.63, 3.8) is 0 Å². The molecule has 1 aromatic heterocycles. The van der Waals surface area contributed by atoms with Gasteiger partial charge in [0, 0.05) is 11.6 Å². The molecule has 0 saturated heterocycles. The topological polar surface area (TPSA) is 78.4 Å². The van der Waals surface area contributed by atoms with Gasteiger partial charge in [-0.05, 0) is 12.1 Å². The number of esters is 1. The van der Waals surface area contributed by atoms with Crippen LogP contribution in [0.3, 0.4) is 0 Å². The van der Waals surface area contributed by atoms with Crippen LogP contribution in [0.5, 0.6) is 0 Å². The molecule has 0 aliphatic carbocycles. The van der Waals surface area contributed by atoms with Gasteiger partial charge in [0.05, 0.1) is 12.7 Å². The summed E-state index contributed by atoms with van der Waals surface area (Å²) in [6, 6.07) is 8.41. The van der Waals surface area contributed by atoms with E-state index in [9.17, 15) is 4.79 Å². The molecule has 5 heteroatoms. The van der Waals surface area contributed by atoms with Gasteiger partial charge in [-0.3, -0.25) is 0 Å². The number of hydrogen-bond acceptors (Lipinski definition) is 5. The number of nitrogens with two attached hydrogens (primary N) is 1. The Labute approximate surface area is 91.8 Å². The van der Waals surface area contributed by atoms with Gasteiger partial charge in [0.1, 0.15) is 0 Å². The Kier molecular flexibility index (Phi) is 2.59. The molecule has 0 fully saturated rings. The van der Waals surface area contributed by atoms with Crippen LogP contribution < -0.4 is 5.73 Å². The highest BCUT2D eigenvalue weighted by atomic mass is 16.5. The minimum absolute atomic E-state index is 0.326. The molecule has 0 spiro atoms. The number of benzene rings is 1. The fourth-order valence-corrected chi connectivity index (χ4v) is 1.31. The second-order valence-corrected chi connectivity index (χ2v) is 3.18. The molecule has 2 rings (SSSR count). The van der Waals surface area contributed by atoms with E-state index in [0.29, 0.717) is 17.1 Å². The number of aromatic nitrogens is 1. The molecule has 0 bridgehead atoms. The zero-order chi connectivity index (χ0) is 11.5. The maximum Gasteiger partial charge on any atom is 0.337 e. The lowest BCUT2D eigenvalue weighted by Crippen LogP contribution is -2.00. The van der Waals surface area contributed by atoms with Crippen LogP contribution in [0.4, 0.5) is 5.82 Å². The lowest BCUT2D eigenvalue weighted by atomic mass is 10.1. The molecule has 0 saturated carbocycles. The Morgan fingerprint density at radius 1 is 1.38 bits per heavy atom. The zero-order valence-corrected chi connectivity index (χ0v) is 8.64. The number of rotatable bonds is 2. The van der Waals surface area contributed by atoms with E-state index in [0.717, 1.165) is 5.56 Å². The van der Waals surface area contributed by atoms with Crippen molar-refractivity contribution in [3.8, 4) is 11.3 Å². The van der Waals surface area contributed by atoms with Crippen LogP contribution in [-0.4, -0.2) is 18.2 Å². The second kappa shape index (κ2) is 4.06. The van der Waals surface area contributed by atoms with E-state index >= 15 is 0 Å². The maximum atomic E-state index is 11.2. The number of hydrogen-bond donors (Lipinski definition) is 1. The van der Waals surface area contributed by atoms with Gasteiger partial charge in [-0.1, -0.05) is 17.3 Å². The first-order valence-corrected chi connectivity index (χ1v) is 4.61. The van der Waals surface area contributed by atoms with Gasteiger partial charge < -0.3 is 15.0 Å². The summed E-state index contributed by atoms with van der Waals surface area (Å²) in [6.07, 6.45) is 0. The van der Waals surface area contributed by atoms with E-state index in [1.165, 1.54) is 7.11 Å². The fraction of sp³-hybridized carbons (Fsp3) is 0.0909. The predicted molar refractivity (Wildman–Crippen MR) is 57.7 cm³/mol. The quantitative estimate of drug-likeness (QED) is 0.776. The van der Waals surface area contributed by atoms with Crippen LogP contribution in [0.2, 0.25) is 0 Å². The molecule has 82 valence electrons. The summed E-state index contributed by atoms with van der Waals surface area (Å²) >= 11 is 0. The molecule has 1 heterocycles. The van der Waals surface area contributed by atoms with E-state index in [1.807, 2.05) is 0 Å². The number of carbonyl (C=O) groups is 1. The summed E-state index contributed by atoms with van der Waals surface area (Å²) in [5, 5.41) is 3.58. The van der Waals surface area contributed by atoms with Gasteiger partial charge in [0.2, 0.25) is 0 Å². The van der Waals surface area contributed by atoms with Crippen LogP contribution in [-0.2, 0) is 4.74 Å². The smallest absolute Gasteiger partial charge is 0.337 e. The summed E-state index contributed by atoms with van der Waals surface area (Å²) in [5.41, 5.74) is 6.72. The van der Waals surface area contributed by atoms with Gasteiger partial charge >= 0.3 is 5.97 Å². The van der Waals surface area contributed by atoms with Crippen molar-refractivity contribution in [1.82, 2.24) is 5.16 Å². The Morgan fingerprint density at radius 2 is 2.06 bits per heavy atom. The van der Waals surface area contributed by atoms with E-state index in [2.05, 4.69) is 9.89 Å². The van der Waals surface area contributed by atoms with Gasteiger partial charge in [-0.25, -0.2) is 4.79 Å². The van der Waals surface area contributed by atoms with Crippen LogP contribution >= 0.6 is 0 Å². The third kappa shape index (κ3) is 1.88. The van der Waals surface area contributed by atoms with E-state index in [1.54, 1.807) is 30.3 Å². The van der Waals surface area contributed by atoms with Crippen molar-refractivity contribution < 1.29 is 14.1 Å².